The molecule has 10 aromatic rings. The summed E-state index contributed by atoms with van der Waals surface area (Å²) in [6, 6.07) is 61.1. The minimum Gasteiger partial charge on any atom is -0.292 e. The summed E-state index contributed by atoms with van der Waals surface area (Å²) < 4.78 is 2.31. The second kappa shape index (κ2) is 11.0. The Kier molecular flexibility index (Phi) is 6.36. The van der Waals surface area contributed by atoms with Gasteiger partial charge in [-0.2, -0.15) is 0 Å². The van der Waals surface area contributed by atoms with Crippen molar-refractivity contribution < 1.29 is 0 Å². The molecule has 49 heavy (non-hydrogen) atoms. The van der Waals surface area contributed by atoms with Gasteiger partial charge < -0.3 is 0 Å². The van der Waals surface area contributed by atoms with Crippen LogP contribution in [0.2, 0.25) is 0 Å². The fraction of sp³-hybridized carbons (Fsp3) is 0. The zero-order chi connectivity index (χ0) is 32.5. The maximum absolute atomic E-state index is 6.80. The van der Waals surface area contributed by atoms with Gasteiger partial charge in [-0.15, -0.1) is 0 Å². The van der Waals surface area contributed by atoms with Crippen LogP contribution in [-0.4, -0.2) is 9.38 Å². The lowest BCUT2D eigenvalue weighted by Crippen LogP contribution is -2.25. The standard InChI is InChI=1S/C45H29N2PS/c49-48(33-15-3-1-4-16-33,34-17-5-2-6-18-34)44-24-12-14-31-27-38-30(28-39(31)44)13-11-20-35(38)32-25-26-37-40(29-32)36-19-7-9-22-42(36)47-43-23-10-8-21-41(43)46-45(37)47/h1-29H. The summed E-state index contributed by atoms with van der Waals surface area (Å²) in [6.45, 7) is 0. The average Bonchev–Trinajstić information content (AvgIpc) is 3.57. The number of fused-ring (bicyclic) bond motifs is 10. The molecule has 230 valence electrons. The van der Waals surface area contributed by atoms with Gasteiger partial charge in [0, 0.05) is 22.1 Å². The smallest absolute Gasteiger partial charge is 0.146 e. The first kappa shape index (κ1) is 28.4. The van der Waals surface area contributed by atoms with Crippen molar-refractivity contribution in [2.45, 2.75) is 0 Å². The summed E-state index contributed by atoms with van der Waals surface area (Å²) in [5.74, 6) is 0. The lowest BCUT2D eigenvalue weighted by molar-refractivity contribution is 1.31. The van der Waals surface area contributed by atoms with Crippen LogP contribution in [0, 0.1) is 0 Å². The Morgan fingerprint density at radius 3 is 1.86 bits per heavy atom. The Balaban J connectivity index is 1.21. The first-order chi connectivity index (χ1) is 24.2. The van der Waals surface area contributed by atoms with E-state index >= 15 is 0 Å². The molecule has 2 nitrogen and oxygen atoms in total. The van der Waals surface area contributed by atoms with E-state index in [0.29, 0.717) is 0 Å². The van der Waals surface area contributed by atoms with Crippen LogP contribution in [0.3, 0.4) is 0 Å². The van der Waals surface area contributed by atoms with Gasteiger partial charge in [0.05, 0.1) is 16.6 Å². The average molecular weight is 661 g/mol. The van der Waals surface area contributed by atoms with Crippen molar-refractivity contribution in [3.63, 3.8) is 0 Å². The molecule has 0 aliphatic rings. The molecule has 0 atom stereocenters. The summed E-state index contributed by atoms with van der Waals surface area (Å²) in [6.07, 6.45) is 0. The van der Waals surface area contributed by atoms with Crippen molar-refractivity contribution in [2.75, 3.05) is 0 Å². The highest BCUT2D eigenvalue weighted by atomic mass is 32.4. The summed E-state index contributed by atoms with van der Waals surface area (Å²) in [7, 11) is 0. The van der Waals surface area contributed by atoms with Gasteiger partial charge in [0.1, 0.15) is 5.65 Å². The van der Waals surface area contributed by atoms with Crippen LogP contribution in [0.5, 0.6) is 0 Å². The predicted octanol–water partition coefficient (Wildman–Crippen LogP) is 10.5. The SMILES string of the molecule is S=P(c1ccccc1)(c1ccccc1)c1cccc2cc3c(-c4ccc5c(c4)c4ccccc4n4c6ccccc6nc54)cccc3cc12. The number of para-hydroxylation sites is 3. The molecule has 0 N–H and O–H groups in total. The Bertz CT molecular complexity index is 2920. The Hall–Kier alpha value is -5.60. The second-order valence-corrected chi connectivity index (χ2v) is 17.1. The molecule has 0 unspecified atom stereocenters. The minimum atomic E-state index is -2.33. The summed E-state index contributed by atoms with van der Waals surface area (Å²) in [4.78, 5) is 5.11. The van der Waals surface area contributed by atoms with Crippen LogP contribution >= 0.6 is 6.04 Å². The Labute approximate surface area is 288 Å². The molecule has 0 aliphatic carbocycles. The van der Waals surface area contributed by atoms with E-state index in [1.165, 1.54) is 64.9 Å². The second-order valence-electron chi connectivity index (χ2n) is 12.7. The molecule has 2 aromatic heterocycles. The molecule has 2 heterocycles. The number of imidazole rings is 1. The lowest BCUT2D eigenvalue weighted by atomic mass is 9.93. The number of hydrogen-bond acceptors (Lipinski definition) is 2. The van der Waals surface area contributed by atoms with Crippen molar-refractivity contribution in [1.82, 2.24) is 9.38 Å². The van der Waals surface area contributed by atoms with Crippen LogP contribution < -0.4 is 15.9 Å². The van der Waals surface area contributed by atoms with E-state index in [2.05, 4.69) is 180 Å². The minimum absolute atomic E-state index is 0.991. The third-order valence-electron chi connectivity index (χ3n) is 10.0. The molecule has 0 amide bonds. The molecule has 0 aliphatic heterocycles. The van der Waals surface area contributed by atoms with Crippen molar-refractivity contribution >= 4 is 93.7 Å². The molecular formula is C45H29N2PS. The highest BCUT2D eigenvalue weighted by molar-refractivity contribution is 8.25. The first-order valence-electron chi connectivity index (χ1n) is 16.6. The lowest BCUT2D eigenvalue weighted by Gasteiger charge is -2.26. The van der Waals surface area contributed by atoms with Gasteiger partial charge in [-0.25, -0.2) is 4.98 Å². The van der Waals surface area contributed by atoms with Crippen molar-refractivity contribution in [3.8, 4) is 11.1 Å². The summed E-state index contributed by atoms with van der Waals surface area (Å²) in [5, 5.41) is 12.1. The van der Waals surface area contributed by atoms with Gasteiger partial charge in [0.25, 0.3) is 0 Å². The zero-order valence-corrected chi connectivity index (χ0v) is 28.2. The molecule has 0 fully saturated rings. The first-order valence-corrected chi connectivity index (χ1v) is 19.4. The molecule has 0 saturated carbocycles. The number of benzene rings is 8. The van der Waals surface area contributed by atoms with Crippen LogP contribution in [0.15, 0.2) is 176 Å². The maximum atomic E-state index is 6.80. The van der Waals surface area contributed by atoms with Gasteiger partial charge in [-0.1, -0.05) is 145 Å². The van der Waals surface area contributed by atoms with E-state index in [9.17, 15) is 0 Å². The fourth-order valence-corrected chi connectivity index (χ4v) is 11.8. The van der Waals surface area contributed by atoms with Gasteiger partial charge >= 0.3 is 0 Å². The van der Waals surface area contributed by atoms with Crippen molar-refractivity contribution in [3.05, 3.63) is 176 Å². The van der Waals surface area contributed by atoms with Gasteiger partial charge in [0.2, 0.25) is 0 Å². The number of nitrogens with zero attached hydrogens (tertiary/aromatic N) is 2. The Morgan fingerprint density at radius 2 is 1.08 bits per heavy atom. The van der Waals surface area contributed by atoms with E-state index < -0.39 is 6.04 Å². The largest absolute Gasteiger partial charge is 0.292 e. The quantitative estimate of drug-likeness (QED) is 0.106. The number of rotatable bonds is 4. The molecule has 10 rings (SSSR count). The number of aromatic nitrogens is 2. The Morgan fingerprint density at radius 1 is 0.449 bits per heavy atom. The fourth-order valence-electron chi connectivity index (χ4n) is 7.74. The van der Waals surface area contributed by atoms with Crippen LogP contribution in [-0.2, 0) is 11.8 Å². The summed E-state index contributed by atoms with van der Waals surface area (Å²) >= 11 is 6.80. The number of pyridine rings is 1. The highest BCUT2D eigenvalue weighted by Gasteiger charge is 2.27. The van der Waals surface area contributed by atoms with Crippen molar-refractivity contribution in [1.29, 1.82) is 0 Å². The van der Waals surface area contributed by atoms with E-state index in [1.54, 1.807) is 0 Å². The predicted molar refractivity (Wildman–Crippen MR) is 214 cm³/mol. The highest BCUT2D eigenvalue weighted by Crippen LogP contribution is 2.46. The van der Waals surface area contributed by atoms with Crippen LogP contribution in [0.25, 0.3) is 71.0 Å². The summed E-state index contributed by atoms with van der Waals surface area (Å²) in [5.41, 5.74) is 6.71. The van der Waals surface area contributed by atoms with Gasteiger partial charge in [0.15, 0.2) is 0 Å². The van der Waals surface area contributed by atoms with Crippen molar-refractivity contribution in [2.24, 2.45) is 0 Å². The normalized spacial score (nSPS) is 12.2. The topological polar surface area (TPSA) is 17.3 Å². The van der Waals surface area contributed by atoms with E-state index in [1.807, 2.05) is 0 Å². The molecule has 0 radical (unpaired) electrons. The monoisotopic (exact) mass is 660 g/mol. The van der Waals surface area contributed by atoms with Crippen LogP contribution in [0.4, 0.5) is 0 Å². The van der Waals surface area contributed by atoms with Gasteiger partial charge in [-0.3, -0.25) is 4.40 Å². The molecule has 0 spiro atoms. The zero-order valence-electron chi connectivity index (χ0n) is 26.5. The van der Waals surface area contributed by atoms with E-state index in [0.717, 1.165) is 22.1 Å². The molecule has 0 bridgehead atoms. The third kappa shape index (κ3) is 4.26. The molecule has 4 heteroatoms. The molecule has 8 aromatic carbocycles. The van der Waals surface area contributed by atoms with Gasteiger partial charge in [-0.05, 0) is 91.1 Å². The molecule has 0 saturated heterocycles. The maximum Gasteiger partial charge on any atom is 0.146 e. The van der Waals surface area contributed by atoms with E-state index in [-0.39, 0.29) is 0 Å². The molecular weight excluding hydrogens is 632 g/mol. The van der Waals surface area contributed by atoms with E-state index in [4.69, 9.17) is 16.8 Å². The third-order valence-corrected chi connectivity index (χ3v) is 15.0. The van der Waals surface area contributed by atoms with Crippen LogP contribution in [0.1, 0.15) is 0 Å². The number of hydrogen-bond donors (Lipinski definition) is 0.